The van der Waals surface area contributed by atoms with E-state index in [4.69, 9.17) is 5.73 Å². The van der Waals surface area contributed by atoms with Crippen molar-refractivity contribution in [2.24, 2.45) is 5.73 Å². The summed E-state index contributed by atoms with van der Waals surface area (Å²) in [7, 11) is 0. The maximum Gasteiger partial charge on any atom is 0.0408 e. The number of hydrogen-bond acceptors (Lipinski definition) is 2. The predicted molar refractivity (Wildman–Crippen MR) is 44.3 cm³/mol. The Morgan fingerprint density at radius 2 is 2.36 bits per heavy atom. The van der Waals surface area contributed by atoms with Crippen molar-refractivity contribution in [3.63, 3.8) is 0 Å². The van der Waals surface area contributed by atoms with Gasteiger partial charge in [0.25, 0.3) is 0 Å². The molecule has 1 aromatic rings. The van der Waals surface area contributed by atoms with Gasteiger partial charge in [0.1, 0.15) is 0 Å². The molecule has 2 N–H and O–H groups in total. The quantitative estimate of drug-likeness (QED) is 0.650. The van der Waals surface area contributed by atoms with Crippen LogP contribution >= 0.6 is 0 Å². The van der Waals surface area contributed by atoms with Gasteiger partial charge < -0.3 is 5.73 Å². The molecule has 2 unspecified atom stereocenters. The molecule has 58 valence electrons. The van der Waals surface area contributed by atoms with Crippen LogP contribution in [-0.4, -0.2) is 11.0 Å². The van der Waals surface area contributed by atoms with Crippen molar-refractivity contribution in [3.05, 3.63) is 29.6 Å². The van der Waals surface area contributed by atoms with E-state index in [0.717, 1.165) is 12.1 Å². The van der Waals surface area contributed by atoms with Gasteiger partial charge in [0, 0.05) is 23.9 Å². The van der Waals surface area contributed by atoms with Gasteiger partial charge in [0.15, 0.2) is 0 Å². The highest BCUT2D eigenvalue weighted by Gasteiger charge is 2.35. The van der Waals surface area contributed by atoms with E-state index in [1.54, 1.807) is 0 Å². The average molecular weight is 148 g/mol. The van der Waals surface area contributed by atoms with Crippen molar-refractivity contribution in [1.82, 2.24) is 4.98 Å². The van der Waals surface area contributed by atoms with E-state index in [-0.39, 0.29) is 0 Å². The van der Waals surface area contributed by atoms with Crippen LogP contribution in [0.2, 0.25) is 0 Å². The molecule has 2 nitrogen and oxygen atoms in total. The van der Waals surface area contributed by atoms with Crippen molar-refractivity contribution in [3.8, 4) is 0 Å². The normalized spacial score (nSPS) is 28.5. The molecule has 0 saturated heterocycles. The molecule has 0 aliphatic heterocycles. The Kier molecular flexibility index (Phi) is 1.43. The third kappa shape index (κ3) is 1.14. The third-order valence-corrected chi connectivity index (χ3v) is 2.29. The molecule has 1 saturated carbocycles. The summed E-state index contributed by atoms with van der Waals surface area (Å²) < 4.78 is 0. The van der Waals surface area contributed by atoms with Crippen molar-refractivity contribution in [2.75, 3.05) is 0 Å². The number of aromatic nitrogens is 1. The summed E-state index contributed by atoms with van der Waals surface area (Å²) >= 11 is 0. The number of hydrogen-bond donors (Lipinski definition) is 1. The Bertz CT molecular complexity index is 270. The van der Waals surface area contributed by atoms with Crippen LogP contribution in [-0.2, 0) is 0 Å². The van der Waals surface area contributed by atoms with Gasteiger partial charge in [-0.1, -0.05) is 6.07 Å². The summed E-state index contributed by atoms with van der Waals surface area (Å²) in [6.45, 7) is 2.04. The molecule has 0 amide bonds. The maximum atomic E-state index is 5.74. The molecular weight excluding hydrogens is 136 g/mol. The van der Waals surface area contributed by atoms with Gasteiger partial charge in [-0.3, -0.25) is 4.98 Å². The number of nitrogens with zero attached hydrogens (tertiary/aromatic N) is 1. The van der Waals surface area contributed by atoms with E-state index in [9.17, 15) is 0 Å². The van der Waals surface area contributed by atoms with Crippen molar-refractivity contribution >= 4 is 0 Å². The number of nitrogens with two attached hydrogens (primary N) is 1. The lowest BCUT2D eigenvalue weighted by Gasteiger charge is -2.00. The van der Waals surface area contributed by atoms with Gasteiger partial charge in [-0.15, -0.1) is 0 Å². The van der Waals surface area contributed by atoms with Crippen LogP contribution in [0.3, 0.4) is 0 Å². The third-order valence-electron chi connectivity index (χ3n) is 2.29. The molecule has 1 aromatic heterocycles. The maximum absolute atomic E-state index is 5.74. The minimum absolute atomic E-state index is 0.387. The minimum Gasteiger partial charge on any atom is -0.327 e. The molecule has 2 rings (SSSR count). The van der Waals surface area contributed by atoms with Crippen LogP contribution in [0.4, 0.5) is 0 Å². The Labute approximate surface area is 66.4 Å². The molecule has 11 heavy (non-hydrogen) atoms. The fourth-order valence-corrected chi connectivity index (χ4v) is 1.46. The van der Waals surface area contributed by atoms with Crippen molar-refractivity contribution < 1.29 is 0 Å². The average Bonchev–Trinajstić information content (AvgIpc) is 2.68. The van der Waals surface area contributed by atoms with Crippen LogP contribution in [0.25, 0.3) is 0 Å². The Hall–Kier alpha value is -0.890. The minimum atomic E-state index is 0.387. The molecule has 1 fully saturated rings. The van der Waals surface area contributed by atoms with E-state index in [2.05, 4.69) is 11.1 Å². The van der Waals surface area contributed by atoms with Crippen LogP contribution in [0.1, 0.15) is 23.6 Å². The molecule has 0 radical (unpaired) electrons. The summed E-state index contributed by atoms with van der Waals surface area (Å²) in [5.41, 5.74) is 8.20. The molecular formula is C9H12N2. The lowest BCUT2D eigenvalue weighted by atomic mass is 10.1. The summed E-state index contributed by atoms with van der Waals surface area (Å²) in [6, 6.07) is 4.49. The van der Waals surface area contributed by atoms with Crippen LogP contribution in [0.15, 0.2) is 18.3 Å². The van der Waals surface area contributed by atoms with Gasteiger partial charge >= 0.3 is 0 Å². The lowest BCUT2D eigenvalue weighted by molar-refractivity contribution is 0.960. The van der Waals surface area contributed by atoms with Gasteiger partial charge in [-0.25, -0.2) is 0 Å². The van der Waals surface area contributed by atoms with Crippen LogP contribution in [0, 0.1) is 6.92 Å². The second kappa shape index (κ2) is 2.31. The SMILES string of the molecule is Cc1ncccc1C1CC1N. The van der Waals surface area contributed by atoms with Crippen molar-refractivity contribution in [1.29, 1.82) is 0 Å². The predicted octanol–water partition coefficient (Wildman–Crippen LogP) is 1.20. The first-order chi connectivity index (χ1) is 5.29. The first kappa shape index (κ1) is 6.80. The topological polar surface area (TPSA) is 38.9 Å². The van der Waals surface area contributed by atoms with Gasteiger partial charge in [-0.05, 0) is 25.0 Å². The molecule has 0 aromatic carbocycles. The van der Waals surface area contributed by atoms with E-state index >= 15 is 0 Å². The number of pyridine rings is 1. The number of aryl methyl sites for hydroxylation is 1. The first-order valence-electron chi connectivity index (χ1n) is 3.96. The fourth-order valence-electron chi connectivity index (χ4n) is 1.46. The van der Waals surface area contributed by atoms with E-state index < -0.39 is 0 Å². The second-order valence-electron chi connectivity index (χ2n) is 3.18. The van der Waals surface area contributed by atoms with Crippen LogP contribution < -0.4 is 5.73 Å². The monoisotopic (exact) mass is 148 g/mol. The lowest BCUT2D eigenvalue weighted by Crippen LogP contribution is -2.02. The second-order valence-corrected chi connectivity index (χ2v) is 3.18. The highest BCUT2D eigenvalue weighted by molar-refractivity contribution is 5.30. The number of rotatable bonds is 1. The largest absolute Gasteiger partial charge is 0.327 e. The highest BCUT2D eigenvalue weighted by atomic mass is 14.8. The fraction of sp³-hybridized carbons (Fsp3) is 0.444. The zero-order valence-electron chi connectivity index (χ0n) is 6.62. The summed E-state index contributed by atoms with van der Waals surface area (Å²) in [4.78, 5) is 4.22. The van der Waals surface area contributed by atoms with Crippen molar-refractivity contribution in [2.45, 2.75) is 25.3 Å². The molecule has 0 spiro atoms. The molecule has 2 atom stereocenters. The Balaban J connectivity index is 2.31. The smallest absolute Gasteiger partial charge is 0.0408 e. The first-order valence-corrected chi connectivity index (χ1v) is 3.96. The molecule has 1 aliphatic carbocycles. The van der Waals surface area contributed by atoms with Crippen LogP contribution in [0.5, 0.6) is 0 Å². The zero-order chi connectivity index (χ0) is 7.84. The van der Waals surface area contributed by atoms with Gasteiger partial charge in [0.2, 0.25) is 0 Å². The molecule has 1 heterocycles. The molecule has 2 heteroatoms. The zero-order valence-corrected chi connectivity index (χ0v) is 6.62. The standard InChI is InChI=1S/C9H12N2/c1-6-7(3-2-4-11-6)8-5-9(8)10/h2-4,8-9H,5,10H2,1H3. The molecule has 0 bridgehead atoms. The molecule has 1 aliphatic rings. The van der Waals surface area contributed by atoms with Gasteiger partial charge in [0.05, 0.1) is 0 Å². The Morgan fingerprint density at radius 3 is 2.91 bits per heavy atom. The summed E-state index contributed by atoms with van der Waals surface area (Å²) in [6.07, 6.45) is 2.96. The highest BCUT2D eigenvalue weighted by Crippen LogP contribution is 2.39. The summed E-state index contributed by atoms with van der Waals surface area (Å²) in [5, 5.41) is 0. The Morgan fingerprint density at radius 1 is 1.64 bits per heavy atom. The van der Waals surface area contributed by atoms with E-state index in [1.165, 1.54) is 5.56 Å². The van der Waals surface area contributed by atoms with E-state index in [1.807, 2.05) is 19.2 Å². The van der Waals surface area contributed by atoms with E-state index in [0.29, 0.717) is 12.0 Å². The van der Waals surface area contributed by atoms with Gasteiger partial charge in [-0.2, -0.15) is 0 Å². The summed E-state index contributed by atoms with van der Waals surface area (Å²) in [5.74, 6) is 0.587.